The Bertz CT molecular complexity index is 516. The molecule has 1 radical (unpaired) electrons. The minimum Gasteiger partial charge on any atom is -0.381 e. The summed E-state index contributed by atoms with van der Waals surface area (Å²) in [6.45, 7) is 2.17. The molecule has 0 unspecified atom stereocenters. The van der Waals surface area contributed by atoms with E-state index in [0.717, 1.165) is 24.6 Å². The van der Waals surface area contributed by atoms with Crippen LogP contribution in [-0.2, 0) is 4.79 Å². The van der Waals surface area contributed by atoms with Gasteiger partial charge in [0.05, 0.1) is 5.69 Å². The van der Waals surface area contributed by atoms with Crippen LogP contribution in [0.5, 0.6) is 0 Å². The Morgan fingerprint density at radius 2 is 2.04 bits per heavy atom. The lowest BCUT2D eigenvalue weighted by Crippen LogP contribution is -2.37. The molecular formula is C18H25F2N2O. The highest BCUT2D eigenvalue weighted by molar-refractivity contribution is 5.84. The van der Waals surface area contributed by atoms with Gasteiger partial charge in [0.25, 0.3) is 0 Å². The van der Waals surface area contributed by atoms with E-state index in [1.54, 1.807) is 6.42 Å². The minimum absolute atomic E-state index is 0.0930. The fourth-order valence-corrected chi connectivity index (χ4v) is 2.95. The molecule has 1 aromatic carbocycles. The third-order valence-corrected chi connectivity index (χ3v) is 4.28. The van der Waals surface area contributed by atoms with Crippen molar-refractivity contribution in [3.63, 3.8) is 0 Å². The first-order valence-corrected chi connectivity index (χ1v) is 8.37. The third-order valence-electron chi connectivity index (χ3n) is 4.28. The number of rotatable bonds is 7. The average Bonchev–Trinajstić information content (AvgIpc) is 2.55. The van der Waals surface area contributed by atoms with Crippen LogP contribution in [0.4, 0.5) is 14.5 Å². The van der Waals surface area contributed by atoms with E-state index >= 15 is 0 Å². The Morgan fingerprint density at radius 3 is 2.78 bits per heavy atom. The minimum atomic E-state index is -0.506. The molecule has 0 saturated heterocycles. The van der Waals surface area contributed by atoms with E-state index in [1.807, 2.05) is 6.92 Å². The zero-order valence-electron chi connectivity index (χ0n) is 13.6. The van der Waals surface area contributed by atoms with Crippen molar-refractivity contribution in [3.05, 3.63) is 36.3 Å². The quantitative estimate of drug-likeness (QED) is 0.794. The molecule has 1 saturated carbocycles. The van der Waals surface area contributed by atoms with E-state index < -0.39 is 11.6 Å². The molecule has 0 aliphatic heterocycles. The zero-order chi connectivity index (χ0) is 16.7. The molecule has 0 aromatic heterocycles. The number of amides is 1. The summed E-state index contributed by atoms with van der Waals surface area (Å²) in [5.41, 5.74) is 0.109. The molecule has 1 aliphatic carbocycles. The summed E-state index contributed by atoms with van der Waals surface area (Å²) in [6, 6.07) is 3.09. The van der Waals surface area contributed by atoms with Gasteiger partial charge in [-0.1, -0.05) is 32.1 Å². The van der Waals surface area contributed by atoms with Gasteiger partial charge in [0.15, 0.2) is 0 Å². The van der Waals surface area contributed by atoms with Gasteiger partial charge in [-0.05, 0) is 37.5 Å². The largest absolute Gasteiger partial charge is 0.381 e. The molecule has 5 heteroatoms. The van der Waals surface area contributed by atoms with E-state index in [0.29, 0.717) is 12.5 Å². The van der Waals surface area contributed by atoms with Crippen LogP contribution in [0.25, 0.3) is 0 Å². The molecular weight excluding hydrogens is 298 g/mol. The summed E-state index contributed by atoms with van der Waals surface area (Å²) in [7, 11) is 0. The van der Waals surface area contributed by atoms with Gasteiger partial charge in [-0.2, -0.15) is 0 Å². The van der Waals surface area contributed by atoms with E-state index in [4.69, 9.17) is 0 Å². The number of anilines is 1. The maximum absolute atomic E-state index is 13.5. The van der Waals surface area contributed by atoms with Crippen molar-refractivity contribution in [2.75, 3.05) is 11.9 Å². The van der Waals surface area contributed by atoms with Crippen LogP contribution in [0.15, 0.2) is 18.2 Å². The van der Waals surface area contributed by atoms with Gasteiger partial charge < -0.3 is 10.6 Å². The van der Waals surface area contributed by atoms with Crippen molar-refractivity contribution in [2.45, 2.75) is 51.5 Å². The molecule has 1 amide bonds. The Kier molecular flexibility index (Phi) is 6.81. The number of carbonyl (C=O) groups excluding carboxylic acids is 1. The molecule has 1 atom stereocenters. The topological polar surface area (TPSA) is 41.1 Å². The van der Waals surface area contributed by atoms with Gasteiger partial charge in [-0.15, -0.1) is 0 Å². The number of hydrogen-bond acceptors (Lipinski definition) is 2. The smallest absolute Gasteiger partial charge is 0.224 e. The monoisotopic (exact) mass is 323 g/mol. The van der Waals surface area contributed by atoms with Crippen molar-refractivity contribution in [2.24, 2.45) is 5.92 Å². The Morgan fingerprint density at radius 1 is 1.30 bits per heavy atom. The average molecular weight is 323 g/mol. The second kappa shape index (κ2) is 8.85. The molecule has 1 fully saturated rings. The Labute approximate surface area is 136 Å². The van der Waals surface area contributed by atoms with E-state index in [2.05, 4.69) is 10.6 Å². The number of halogens is 2. The van der Waals surface area contributed by atoms with Gasteiger partial charge in [0.1, 0.15) is 11.6 Å². The zero-order valence-corrected chi connectivity index (χ0v) is 13.6. The van der Waals surface area contributed by atoms with Gasteiger partial charge in [-0.25, -0.2) is 8.78 Å². The van der Waals surface area contributed by atoms with Crippen LogP contribution in [-0.4, -0.2) is 18.5 Å². The van der Waals surface area contributed by atoms with E-state index in [-0.39, 0.29) is 17.6 Å². The maximum atomic E-state index is 13.5. The fourth-order valence-electron chi connectivity index (χ4n) is 2.95. The molecule has 3 nitrogen and oxygen atoms in total. The van der Waals surface area contributed by atoms with Crippen LogP contribution >= 0.6 is 0 Å². The van der Waals surface area contributed by atoms with E-state index in [9.17, 15) is 13.6 Å². The molecule has 1 aliphatic rings. The Balaban J connectivity index is 1.68. The summed E-state index contributed by atoms with van der Waals surface area (Å²) in [4.78, 5) is 11.9. The lowest BCUT2D eigenvalue weighted by Gasteiger charge is -2.21. The van der Waals surface area contributed by atoms with Gasteiger partial charge in [0.2, 0.25) is 5.91 Å². The van der Waals surface area contributed by atoms with Crippen molar-refractivity contribution >= 4 is 11.6 Å². The van der Waals surface area contributed by atoms with Gasteiger partial charge in [-0.3, -0.25) is 4.79 Å². The van der Waals surface area contributed by atoms with Crippen molar-refractivity contribution in [1.82, 2.24) is 5.32 Å². The number of nitrogens with one attached hydrogen (secondary N) is 2. The highest BCUT2D eigenvalue weighted by Gasteiger charge is 2.16. The maximum Gasteiger partial charge on any atom is 0.224 e. The van der Waals surface area contributed by atoms with Crippen LogP contribution in [0, 0.1) is 24.0 Å². The van der Waals surface area contributed by atoms with Crippen LogP contribution in [0.1, 0.15) is 45.4 Å². The first-order valence-electron chi connectivity index (χ1n) is 8.37. The SMILES string of the molecule is C[C@@H](CNc1cc(F)ccc1F)NC(=O)[CH]CC1CCCCC1. The number of benzene rings is 1. The molecule has 127 valence electrons. The third kappa shape index (κ3) is 6.16. The summed E-state index contributed by atoms with van der Waals surface area (Å²) >= 11 is 0. The predicted octanol–water partition coefficient (Wildman–Crippen LogP) is 4.06. The summed E-state index contributed by atoms with van der Waals surface area (Å²) in [5.74, 6) is -0.464. The number of carbonyl (C=O) groups is 1. The normalized spacial score (nSPS) is 16.8. The van der Waals surface area contributed by atoms with Crippen molar-refractivity contribution in [1.29, 1.82) is 0 Å². The lowest BCUT2D eigenvalue weighted by atomic mass is 9.86. The predicted molar refractivity (Wildman–Crippen MR) is 87.9 cm³/mol. The van der Waals surface area contributed by atoms with Crippen LogP contribution in [0.2, 0.25) is 0 Å². The second-order valence-electron chi connectivity index (χ2n) is 6.36. The molecule has 1 aromatic rings. The first-order chi connectivity index (χ1) is 11.0. The summed E-state index contributed by atoms with van der Waals surface area (Å²) in [5, 5.41) is 5.67. The molecule has 0 heterocycles. The lowest BCUT2D eigenvalue weighted by molar-refractivity contribution is -0.118. The first kappa shape index (κ1) is 17.7. The van der Waals surface area contributed by atoms with Crippen LogP contribution < -0.4 is 10.6 Å². The van der Waals surface area contributed by atoms with Crippen molar-refractivity contribution < 1.29 is 13.6 Å². The molecule has 23 heavy (non-hydrogen) atoms. The molecule has 0 bridgehead atoms. The molecule has 2 N–H and O–H groups in total. The van der Waals surface area contributed by atoms with Crippen molar-refractivity contribution in [3.8, 4) is 0 Å². The standard InChI is InChI=1S/C18H25F2N2O/c1-13(12-21-17-11-15(19)8-9-16(17)20)22-18(23)10-7-14-5-3-2-4-6-14/h8-11,13-14,21H,2-7,12H2,1H3,(H,22,23)/t13-/m0/s1. The summed E-state index contributed by atoms with van der Waals surface area (Å²) in [6.07, 6.45) is 8.79. The van der Waals surface area contributed by atoms with E-state index in [1.165, 1.54) is 32.1 Å². The second-order valence-corrected chi connectivity index (χ2v) is 6.36. The van der Waals surface area contributed by atoms with Gasteiger partial charge in [0, 0.05) is 19.0 Å². The summed E-state index contributed by atoms with van der Waals surface area (Å²) < 4.78 is 26.6. The molecule has 2 rings (SSSR count). The Hall–Kier alpha value is -1.65. The highest BCUT2D eigenvalue weighted by atomic mass is 19.1. The fraction of sp³-hybridized carbons (Fsp3) is 0.556. The van der Waals surface area contributed by atoms with Crippen LogP contribution in [0.3, 0.4) is 0 Å². The van der Waals surface area contributed by atoms with Gasteiger partial charge >= 0.3 is 0 Å². The number of hydrogen-bond donors (Lipinski definition) is 2. The highest BCUT2D eigenvalue weighted by Crippen LogP contribution is 2.26. The molecule has 0 spiro atoms.